The molecular formula is C17H10Br2F2N4O4. The predicted octanol–water partition coefficient (Wildman–Crippen LogP) is 5.36. The average Bonchev–Trinajstić information content (AvgIpc) is 3.14. The molecule has 2 N–H and O–H groups in total. The number of hydrogen-bond acceptors (Lipinski definition) is 5. The minimum atomic E-state index is -2.92. The standard InChI is InChI=1S/C17H10Br2F2N4O4/c18-11-5-9(25(27)28)6-12(19)15(11)22-16(26)14-7-13(23-24-14)8-1-3-10(4-2-8)29-17(20)21/h1-7,17H,(H,22,26)(H,23,24). The first-order valence-electron chi connectivity index (χ1n) is 7.80. The molecule has 1 amide bonds. The summed E-state index contributed by atoms with van der Waals surface area (Å²) in [6.45, 7) is -2.92. The molecule has 0 bridgehead atoms. The average molecular weight is 532 g/mol. The molecule has 1 aromatic heterocycles. The summed E-state index contributed by atoms with van der Waals surface area (Å²) in [5.74, 6) is -0.526. The molecule has 0 spiro atoms. The topological polar surface area (TPSA) is 110 Å². The number of rotatable bonds is 6. The highest BCUT2D eigenvalue weighted by atomic mass is 79.9. The van der Waals surface area contributed by atoms with Gasteiger partial charge < -0.3 is 10.1 Å². The van der Waals surface area contributed by atoms with Gasteiger partial charge in [-0.1, -0.05) is 0 Å². The van der Waals surface area contributed by atoms with E-state index in [-0.39, 0.29) is 17.1 Å². The molecule has 12 heteroatoms. The quantitative estimate of drug-likeness (QED) is 0.328. The van der Waals surface area contributed by atoms with E-state index in [0.29, 0.717) is 25.9 Å². The number of halogens is 4. The third-order valence-corrected chi connectivity index (χ3v) is 4.92. The summed E-state index contributed by atoms with van der Waals surface area (Å²) in [4.78, 5) is 22.8. The van der Waals surface area contributed by atoms with E-state index in [1.807, 2.05) is 0 Å². The molecule has 0 unspecified atom stereocenters. The molecule has 0 aliphatic heterocycles. The van der Waals surface area contributed by atoms with Crippen LogP contribution in [0.15, 0.2) is 51.4 Å². The number of ether oxygens (including phenoxy) is 1. The maximum atomic E-state index is 12.5. The minimum Gasteiger partial charge on any atom is -0.435 e. The van der Waals surface area contributed by atoms with Gasteiger partial charge in [-0.3, -0.25) is 20.0 Å². The van der Waals surface area contributed by atoms with E-state index >= 15 is 0 Å². The van der Waals surface area contributed by atoms with Crippen molar-refractivity contribution in [3.63, 3.8) is 0 Å². The molecule has 0 fully saturated rings. The van der Waals surface area contributed by atoms with Crippen molar-refractivity contribution in [2.45, 2.75) is 6.61 Å². The lowest BCUT2D eigenvalue weighted by molar-refractivity contribution is -0.385. The Kier molecular flexibility index (Phi) is 6.23. The van der Waals surface area contributed by atoms with Gasteiger partial charge in [-0.05, 0) is 62.2 Å². The van der Waals surface area contributed by atoms with Crippen molar-refractivity contribution in [3.8, 4) is 17.0 Å². The van der Waals surface area contributed by atoms with Gasteiger partial charge >= 0.3 is 6.61 Å². The number of nitrogens with one attached hydrogen (secondary N) is 2. The summed E-state index contributed by atoms with van der Waals surface area (Å²) in [6, 6.07) is 9.79. The number of anilines is 1. The van der Waals surface area contributed by atoms with Crippen molar-refractivity contribution in [1.82, 2.24) is 10.2 Å². The second kappa shape index (κ2) is 8.66. The summed E-state index contributed by atoms with van der Waals surface area (Å²) < 4.78 is 29.3. The Morgan fingerprint density at radius 2 is 1.79 bits per heavy atom. The number of benzene rings is 2. The SMILES string of the molecule is O=C(Nc1c(Br)cc([N+](=O)[O-])cc1Br)c1cc(-c2ccc(OC(F)F)cc2)n[nH]1. The second-order valence-electron chi connectivity index (χ2n) is 5.57. The van der Waals surface area contributed by atoms with E-state index in [9.17, 15) is 23.7 Å². The van der Waals surface area contributed by atoms with Gasteiger partial charge in [0.25, 0.3) is 11.6 Å². The lowest BCUT2D eigenvalue weighted by Gasteiger charge is -2.08. The number of aromatic nitrogens is 2. The lowest BCUT2D eigenvalue weighted by atomic mass is 10.1. The number of carbonyl (C=O) groups is 1. The third-order valence-electron chi connectivity index (χ3n) is 3.67. The maximum Gasteiger partial charge on any atom is 0.387 e. The first-order valence-corrected chi connectivity index (χ1v) is 9.38. The van der Waals surface area contributed by atoms with Gasteiger partial charge in [0.15, 0.2) is 0 Å². The van der Waals surface area contributed by atoms with Crippen molar-refractivity contribution >= 4 is 49.1 Å². The molecule has 0 aliphatic rings. The van der Waals surface area contributed by atoms with E-state index in [1.165, 1.54) is 42.5 Å². The fraction of sp³-hybridized carbons (Fsp3) is 0.0588. The summed E-state index contributed by atoms with van der Waals surface area (Å²) >= 11 is 6.39. The zero-order valence-electron chi connectivity index (χ0n) is 14.2. The van der Waals surface area contributed by atoms with Crippen LogP contribution in [0.25, 0.3) is 11.3 Å². The molecule has 0 radical (unpaired) electrons. The highest BCUT2D eigenvalue weighted by Crippen LogP contribution is 2.35. The van der Waals surface area contributed by atoms with Crippen molar-refractivity contribution in [2.75, 3.05) is 5.32 Å². The molecular weight excluding hydrogens is 522 g/mol. The summed E-state index contributed by atoms with van der Waals surface area (Å²) in [5, 5.41) is 20.1. The molecule has 8 nitrogen and oxygen atoms in total. The number of amides is 1. The number of aromatic amines is 1. The molecule has 0 saturated carbocycles. The smallest absolute Gasteiger partial charge is 0.387 e. The van der Waals surface area contributed by atoms with Gasteiger partial charge in [0.05, 0.1) is 16.3 Å². The largest absolute Gasteiger partial charge is 0.435 e. The molecule has 3 rings (SSSR count). The number of alkyl halides is 2. The van der Waals surface area contributed by atoms with Crippen LogP contribution < -0.4 is 10.1 Å². The molecule has 0 saturated heterocycles. The normalized spacial score (nSPS) is 10.8. The minimum absolute atomic E-state index is 0.00474. The molecule has 3 aromatic rings. The molecule has 1 heterocycles. The van der Waals surface area contributed by atoms with Crippen molar-refractivity contribution in [1.29, 1.82) is 0 Å². The maximum absolute atomic E-state index is 12.5. The van der Waals surface area contributed by atoms with E-state index in [4.69, 9.17) is 0 Å². The zero-order chi connectivity index (χ0) is 21.1. The first-order chi connectivity index (χ1) is 13.7. The lowest BCUT2D eigenvalue weighted by Crippen LogP contribution is -2.13. The van der Waals surface area contributed by atoms with Gasteiger partial charge in [0.2, 0.25) is 0 Å². The van der Waals surface area contributed by atoms with Gasteiger partial charge in [0, 0.05) is 26.6 Å². The van der Waals surface area contributed by atoms with Gasteiger partial charge in [-0.2, -0.15) is 13.9 Å². The van der Waals surface area contributed by atoms with Gasteiger partial charge in [0.1, 0.15) is 11.4 Å². The summed E-state index contributed by atoms with van der Waals surface area (Å²) in [5.41, 5.74) is 1.29. The highest BCUT2D eigenvalue weighted by Gasteiger charge is 2.18. The molecule has 150 valence electrons. The Morgan fingerprint density at radius 1 is 1.17 bits per heavy atom. The number of H-pyrrole nitrogens is 1. The number of hydrogen-bond donors (Lipinski definition) is 2. The van der Waals surface area contributed by atoms with E-state index < -0.39 is 17.4 Å². The van der Waals surface area contributed by atoms with Crippen LogP contribution in [0, 0.1) is 10.1 Å². The van der Waals surface area contributed by atoms with E-state index in [1.54, 1.807) is 0 Å². The Balaban J connectivity index is 1.77. The fourth-order valence-electron chi connectivity index (χ4n) is 2.36. The van der Waals surface area contributed by atoms with Crippen molar-refractivity contribution < 1.29 is 23.2 Å². The van der Waals surface area contributed by atoms with Gasteiger partial charge in [-0.25, -0.2) is 0 Å². The summed E-state index contributed by atoms with van der Waals surface area (Å²) in [6.07, 6.45) is 0. The molecule has 0 aliphatic carbocycles. The summed E-state index contributed by atoms with van der Waals surface area (Å²) in [7, 11) is 0. The van der Waals surface area contributed by atoms with Crippen LogP contribution in [0.4, 0.5) is 20.2 Å². The van der Waals surface area contributed by atoms with E-state index in [2.05, 4.69) is 52.1 Å². The van der Waals surface area contributed by atoms with Crippen LogP contribution >= 0.6 is 31.9 Å². The number of non-ortho nitro benzene ring substituents is 1. The second-order valence-corrected chi connectivity index (χ2v) is 7.27. The third kappa shape index (κ3) is 4.95. The first kappa shape index (κ1) is 20.9. The zero-order valence-corrected chi connectivity index (χ0v) is 17.3. The van der Waals surface area contributed by atoms with Crippen molar-refractivity contribution in [2.24, 2.45) is 0 Å². The Hall–Kier alpha value is -2.86. The highest BCUT2D eigenvalue weighted by molar-refractivity contribution is 9.11. The Morgan fingerprint density at radius 3 is 2.34 bits per heavy atom. The van der Waals surface area contributed by atoms with Crippen molar-refractivity contribution in [3.05, 3.63) is 67.2 Å². The van der Waals surface area contributed by atoms with E-state index in [0.717, 1.165) is 0 Å². The van der Waals surface area contributed by atoms with Crippen LogP contribution in [0.2, 0.25) is 0 Å². The van der Waals surface area contributed by atoms with Crippen LogP contribution in [-0.2, 0) is 0 Å². The number of carbonyl (C=O) groups excluding carboxylic acids is 1. The van der Waals surface area contributed by atoms with Gasteiger partial charge in [-0.15, -0.1) is 0 Å². The monoisotopic (exact) mass is 530 g/mol. The Bertz CT molecular complexity index is 1050. The molecule has 29 heavy (non-hydrogen) atoms. The molecule has 2 aromatic carbocycles. The number of nitro groups is 1. The molecule has 0 atom stereocenters. The Labute approximate surface area is 178 Å². The van der Waals surface area contributed by atoms with Crippen LogP contribution in [0.5, 0.6) is 5.75 Å². The van der Waals surface area contributed by atoms with Crippen LogP contribution in [-0.4, -0.2) is 27.6 Å². The fourth-order valence-corrected chi connectivity index (χ4v) is 3.72. The predicted molar refractivity (Wildman–Crippen MR) is 107 cm³/mol. The number of nitrogens with zero attached hydrogens (tertiary/aromatic N) is 2. The van der Waals surface area contributed by atoms with Crippen LogP contribution in [0.1, 0.15) is 10.5 Å². The number of nitro benzene ring substituents is 1. The van der Waals surface area contributed by atoms with Crippen LogP contribution in [0.3, 0.4) is 0 Å².